The largest absolute Gasteiger partial charge is 0.870 e. The summed E-state index contributed by atoms with van der Waals surface area (Å²) in [4.78, 5) is 2.28. The summed E-state index contributed by atoms with van der Waals surface area (Å²) in [6.07, 6.45) is 14.4. The van der Waals surface area contributed by atoms with Crippen LogP contribution >= 0.6 is 0 Å². The molecule has 0 heterocycles. The fourth-order valence-corrected chi connectivity index (χ4v) is 1.92. The minimum absolute atomic E-state index is 0. The van der Waals surface area contributed by atoms with Crippen LogP contribution in [0, 0.1) is 0 Å². The number of unbranched alkanes of at least 4 members (excludes halogenated alkanes) is 9. The fraction of sp³-hybridized carbons (Fsp3) is 1.00. The summed E-state index contributed by atoms with van der Waals surface area (Å²) in [7, 11) is 4.32. The van der Waals surface area contributed by atoms with Gasteiger partial charge in [-0.05, 0) is 27.1 Å². The van der Waals surface area contributed by atoms with E-state index >= 15 is 0 Å². The lowest BCUT2D eigenvalue weighted by Crippen LogP contribution is -2.12. The van der Waals surface area contributed by atoms with Crippen LogP contribution in [-0.2, 0) is 0 Å². The van der Waals surface area contributed by atoms with E-state index in [0.717, 1.165) is 0 Å². The molecule has 0 aromatic rings. The van der Waals surface area contributed by atoms with Crippen LogP contribution in [0.3, 0.4) is 0 Å². The van der Waals surface area contributed by atoms with Crippen molar-refractivity contribution in [2.45, 2.75) is 71.1 Å². The van der Waals surface area contributed by atoms with Crippen LogP contribution in [-0.4, -0.2) is 31.0 Å². The third-order valence-electron chi connectivity index (χ3n) is 2.96. The molecule has 2 heteroatoms. The van der Waals surface area contributed by atoms with Crippen molar-refractivity contribution in [3.63, 3.8) is 0 Å². The minimum atomic E-state index is 0. The third kappa shape index (κ3) is 16.4. The van der Waals surface area contributed by atoms with Crippen molar-refractivity contribution in [3.8, 4) is 0 Å². The smallest absolute Gasteiger partial charge is 0.00248 e. The quantitative estimate of drug-likeness (QED) is 0.496. The highest BCUT2D eigenvalue weighted by Crippen LogP contribution is 2.10. The van der Waals surface area contributed by atoms with Gasteiger partial charge in [0.25, 0.3) is 0 Å². The Balaban J connectivity index is 0. The lowest BCUT2D eigenvalue weighted by molar-refractivity contribution is 0.389. The van der Waals surface area contributed by atoms with Crippen molar-refractivity contribution in [2.24, 2.45) is 0 Å². The highest BCUT2D eigenvalue weighted by atomic mass is 16.0. The summed E-state index contributed by atoms with van der Waals surface area (Å²) in [6, 6.07) is 0. The normalized spacial score (nSPS) is 10.5. The van der Waals surface area contributed by atoms with Crippen LogP contribution in [0.25, 0.3) is 0 Å². The first-order chi connectivity index (χ1) is 7.27. The van der Waals surface area contributed by atoms with E-state index in [-0.39, 0.29) is 5.48 Å². The maximum Gasteiger partial charge on any atom is -0.00248 e. The Morgan fingerprint density at radius 2 is 1.00 bits per heavy atom. The van der Waals surface area contributed by atoms with Crippen molar-refractivity contribution in [3.05, 3.63) is 0 Å². The molecule has 0 aromatic heterocycles. The molecule has 0 amide bonds. The van der Waals surface area contributed by atoms with Gasteiger partial charge in [0.15, 0.2) is 0 Å². The average molecular weight is 230 g/mol. The SMILES string of the molecule is CCCCCCCCCCCCN(C)C.[OH-]. The molecule has 0 aromatic carbocycles. The Morgan fingerprint density at radius 1 is 0.625 bits per heavy atom. The zero-order chi connectivity index (χ0) is 11.4. The van der Waals surface area contributed by atoms with Gasteiger partial charge in [-0.1, -0.05) is 64.7 Å². The Labute approximate surface area is 103 Å². The van der Waals surface area contributed by atoms with E-state index in [9.17, 15) is 0 Å². The van der Waals surface area contributed by atoms with E-state index in [2.05, 4.69) is 25.9 Å². The summed E-state index contributed by atoms with van der Waals surface area (Å²) in [5.41, 5.74) is 0. The van der Waals surface area contributed by atoms with Gasteiger partial charge in [-0.15, -0.1) is 0 Å². The molecule has 0 fully saturated rings. The van der Waals surface area contributed by atoms with Gasteiger partial charge < -0.3 is 10.4 Å². The van der Waals surface area contributed by atoms with Crippen molar-refractivity contribution in [2.75, 3.05) is 20.6 Å². The maximum absolute atomic E-state index is 2.28. The molecule has 0 saturated carbocycles. The van der Waals surface area contributed by atoms with Crippen molar-refractivity contribution in [1.82, 2.24) is 4.90 Å². The fourth-order valence-electron chi connectivity index (χ4n) is 1.92. The molecule has 0 spiro atoms. The highest BCUT2D eigenvalue weighted by molar-refractivity contribution is 4.49. The van der Waals surface area contributed by atoms with Crippen LogP contribution < -0.4 is 0 Å². The Kier molecular flexibility index (Phi) is 17.1. The van der Waals surface area contributed by atoms with Crippen LogP contribution in [0.1, 0.15) is 71.1 Å². The van der Waals surface area contributed by atoms with Gasteiger partial charge >= 0.3 is 0 Å². The van der Waals surface area contributed by atoms with Gasteiger partial charge in [0.1, 0.15) is 0 Å². The first-order valence-electron chi connectivity index (χ1n) is 6.92. The molecule has 100 valence electrons. The predicted octanol–water partition coefficient (Wildman–Crippen LogP) is 4.29. The van der Waals surface area contributed by atoms with Crippen LogP contribution in [0.5, 0.6) is 0 Å². The van der Waals surface area contributed by atoms with Crippen LogP contribution in [0.4, 0.5) is 0 Å². The second-order valence-corrected chi connectivity index (χ2v) is 4.99. The zero-order valence-corrected chi connectivity index (χ0v) is 11.7. The zero-order valence-electron chi connectivity index (χ0n) is 11.7. The second kappa shape index (κ2) is 14.9. The standard InChI is InChI=1S/C14H31N.H2O/c1-4-5-6-7-8-9-10-11-12-13-14-15(2)3;/h4-14H2,1-3H3;1H2/p-1. The first-order valence-corrected chi connectivity index (χ1v) is 6.92. The lowest BCUT2D eigenvalue weighted by Gasteiger charge is -2.08. The Bertz CT molecular complexity index is 115. The monoisotopic (exact) mass is 230 g/mol. The molecule has 0 saturated heterocycles. The summed E-state index contributed by atoms with van der Waals surface area (Å²) in [6.45, 7) is 3.54. The number of hydrogen-bond acceptors (Lipinski definition) is 2. The van der Waals surface area contributed by atoms with Gasteiger partial charge in [-0.2, -0.15) is 0 Å². The molecule has 0 aliphatic rings. The summed E-state index contributed by atoms with van der Waals surface area (Å²) >= 11 is 0. The molecule has 0 radical (unpaired) electrons. The van der Waals surface area contributed by atoms with E-state index in [0.29, 0.717) is 0 Å². The van der Waals surface area contributed by atoms with Crippen molar-refractivity contribution in [1.29, 1.82) is 0 Å². The number of hydrogen-bond donors (Lipinski definition) is 0. The summed E-state index contributed by atoms with van der Waals surface area (Å²) in [5.74, 6) is 0. The van der Waals surface area contributed by atoms with Gasteiger partial charge in [0.05, 0.1) is 0 Å². The molecule has 0 rings (SSSR count). The molecular formula is C14H32NO-. The second-order valence-electron chi connectivity index (χ2n) is 4.99. The molecule has 0 aliphatic carbocycles. The minimum Gasteiger partial charge on any atom is -0.870 e. The van der Waals surface area contributed by atoms with Crippen molar-refractivity contribution >= 4 is 0 Å². The van der Waals surface area contributed by atoms with Gasteiger partial charge in [-0.25, -0.2) is 0 Å². The van der Waals surface area contributed by atoms with Crippen LogP contribution in [0.2, 0.25) is 0 Å². The Hall–Kier alpha value is -0.0800. The van der Waals surface area contributed by atoms with Gasteiger partial charge in [-0.3, -0.25) is 0 Å². The molecule has 16 heavy (non-hydrogen) atoms. The predicted molar refractivity (Wildman–Crippen MR) is 72.3 cm³/mol. The van der Waals surface area contributed by atoms with E-state index in [1.165, 1.54) is 70.8 Å². The van der Waals surface area contributed by atoms with Gasteiger partial charge in [0, 0.05) is 0 Å². The molecule has 0 atom stereocenters. The topological polar surface area (TPSA) is 33.2 Å². The van der Waals surface area contributed by atoms with E-state index in [1.54, 1.807) is 0 Å². The number of nitrogens with zero attached hydrogens (tertiary/aromatic N) is 1. The maximum atomic E-state index is 2.28. The first kappa shape index (κ1) is 18.3. The molecule has 1 N–H and O–H groups in total. The van der Waals surface area contributed by atoms with Gasteiger partial charge in [0.2, 0.25) is 0 Å². The summed E-state index contributed by atoms with van der Waals surface area (Å²) < 4.78 is 0. The lowest BCUT2D eigenvalue weighted by atomic mass is 10.1. The molecule has 0 aliphatic heterocycles. The van der Waals surface area contributed by atoms with E-state index < -0.39 is 0 Å². The molecule has 0 bridgehead atoms. The highest BCUT2D eigenvalue weighted by Gasteiger charge is 1.93. The molecule has 0 unspecified atom stereocenters. The van der Waals surface area contributed by atoms with E-state index in [4.69, 9.17) is 0 Å². The average Bonchev–Trinajstić information content (AvgIpc) is 2.20. The molecule has 2 nitrogen and oxygen atoms in total. The van der Waals surface area contributed by atoms with E-state index in [1.807, 2.05) is 0 Å². The van der Waals surface area contributed by atoms with Crippen LogP contribution in [0.15, 0.2) is 0 Å². The number of rotatable bonds is 11. The Morgan fingerprint density at radius 3 is 1.38 bits per heavy atom. The van der Waals surface area contributed by atoms with Crippen molar-refractivity contribution < 1.29 is 5.48 Å². The third-order valence-corrected chi connectivity index (χ3v) is 2.96. The summed E-state index contributed by atoms with van der Waals surface area (Å²) in [5, 5.41) is 0. The molecular weight excluding hydrogens is 198 g/mol.